The van der Waals surface area contributed by atoms with E-state index in [0.29, 0.717) is 0 Å². The Hall–Kier alpha value is -0.450. The zero-order chi connectivity index (χ0) is 8.77. The van der Waals surface area contributed by atoms with E-state index in [0.717, 1.165) is 0 Å². The summed E-state index contributed by atoms with van der Waals surface area (Å²) < 4.78 is 1.26. The third-order valence-corrected chi connectivity index (χ3v) is 2.55. The first-order valence-electron chi connectivity index (χ1n) is 3.93. The number of hydrogen-bond donors (Lipinski definition) is 2. The van der Waals surface area contributed by atoms with E-state index in [9.17, 15) is 0 Å². The number of benzene rings is 1. The second-order valence-corrected chi connectivity index (χ2v) is 4.81. The van der Waals surface area contributed by atoms with Gasteiger partial charge < -0.3 is 10.6 Å². The molecule has 0 spiro atoms. The molecular weight excluding hydrogens is 263 g/mol. The maximum Gasteiger partial charge on any atom is 0.102 e. The van der Waals surface area contributed by atoms with Crippen LogP contribution in [0.3, 0.4) is 0 Å². The Kier molecular flexibility index (Phi) is 1.71. The van der Waals surface area contributed by atoms with Gasteiger partial charge >= 0.3 is 0 Å². The molecule has 0 saturated carbocycles. The molecular formula is C9H11IN2. The van der Waals surface area contributed by atoms with Crippen LogP contribution in [0.15, 0.2) is 18.2 Å². The maximum atomic E-state index is 3.40. The molecule has 1 heterocycles. The number of fused-ring (bicyclic) bond motifs is 1. The highest BCUT2D eigenvalue weighted by molar-refractivity contribution is 14.1. The highest BCUT2D eigenvalue weighted by atomic mass is 127. The van der Waals surface area contributed by atoms with Crippen LogP contribution in [0.2, 0.25) is 0 Å². The fraction of sp³-hybridized carbons (Fsp3) is 0.333. The molecule has 0 aliphatic carbocycles. The second-order valence-electron chi connectivity index (χ2n) is 3.56. The van der Waals surface area contributed by atoms with Crippen molar-refractivity contribution < 1.29 is 0 Å². The van der Waals surface area contributed by atoms with Crippen LogP contribution in [-0.2, 0) is 0 Å². The van der Waals surface area contributed by atoms with Gasteiger partial charge in [-0.3, -0.25) is 0 Å². The zero-order valence-electron chi connectivity index (χ0n) is 7.11. The standard InChI is InChI=1S/C9H11IN2/c1-9(2)11-7-4-3-6(10)5-8(7)12-9/h3-5,11-12H,1-2H3. The molecule has 1 aromatic rings. The van der Waals surface area contributed by atoms with Crippen molar-refractivity contribution in [3.8, 4) is 0 Å². The van der Waals surface area contributed by atoms with Gasteiger partial charge in [0.15, 0.2) is 0 Å². The lowest BCUT2D eigenvalue weighted by molar-refractivity contribution is 0.675. The third-order valence-electron chi connectivity index (χ3n) is 1.88. The molecule has 0 atom stereocenters. The summed E-state index contributed by atoms with van der Waals surface area (Å²) in [5.41, 5.74) is 2.39. The summed E-state index contributed by atoms with van der Waals surface area (Å²) in [5, 5.41) is 6.79. The Balaban J connectivity index is 2.43. The molecule has 64 valence electrons. The third kappa shape index (κ3) is 1.37. The zero-order valence-corrected chi connectivity index (χ0v) is 9.27. The summed E-state index contributed by atoms with van der Waals surface area (Å²) in [4.78, 5) is 0. The van der Waals surface area contributed by atoms with Crippen LogP contribution in [0.1, 0.15) is 13.8 Å². The van der Waals surface area contributed by atoms with E-state index in [2.05, 4.69) is 65.3 Å². The van der Waals surface area contributed by atoms with Crippen LogP contribution in [0.5, 0.6) is 0 Å². The van der Waals surface area contributed by atoms with E-state index in [1.807, 2.05) is 0 Å². The maximum absolute atomic E-state index is 3.40. The molecule has 0 aromatic heterocycles. The summed E-state index contributed by atoms with van der Waals surface area (Å²) in [5.74, 6) is 0. The minimum atomic E-state index is -0.00718. The molecule has 0 unspecified atom stereocenters. The highest BCUT2D eigenvalue weighted by Gasteiger charge is 2.25. The SMILES string of the molecule is CC1(C)Nc2ccc(I)cc2N1. The average molecular weight is 274 g/mol. The summed E-state index contributed by atoms with van der Waals surface area (Å²) in [6, 6.07) is 6.37. The van der Waals surface area contributed by atoms with Gasteiger partial charge in [-0.1, -0.05) is 0 Å². The predicted molar refractivity (Wildman–Crippen MR) is 60.5 cm³/mol. The van der Waals surface area contributed by atoms with E-state index in [-0.39, 0.29) is 5.66 Å². The lowest BCUT2D eigenvalue weighted by Crippen LogP contribution is -2.33. The van der Waals surface area contributed by atoms with Crippen molar-refractivity contribution in [1.29, 1.82) is 0 Å². The smallest absolute Gasteiger partial charge is 0.102 e. The second kappa shape index (κ2) is 2.52. The van der Waals surface area contributed by atoms with E-state index in [4.69, 9.17) is 0 Å². The van der Waals surface area contributed by atoms with Crippen LogP contribution >= 0.6 is 22.6 Å². The number of halogens is 1. The van der Waals surface area contributed by atoms with Crippen LogP contribution in [0.25, 0.3) is 0 Å². The first kappa shape index (κ1) is 8.16. The highest BCUT2D eigenvalue weighted by Crippen LogP contribution is 2.34. The van der Waals surface area contributed by atoms with Gasteiger partial charge in [0.1, 0.15) is 5.66 Å². The first-order valence-corrected chi connectivity index (χ1v) is 5.01. The van der Waals surface area contributed by atoms with Crippen molar-refractivity contribution in [1.82, 2.24) is 0 Å². The Morgan fingerprint density at radius 1 is 1.17 bits per heavy atom. The summed E-state index contributed by atoms with van der Waals surface area (Å²) in [7, 11) is 0. The molecule has 0 amide bonds. The fourth-order valence-corrected chi connectivity index (χ4v) is 1.92. The molecule has 0 bridgehead atoms. The van der Waals surface area contributed by atoms with Gasteiger partial charge in [-0.05, 0) is 54.6 Å². The first-order chi connectivity index (χ1) is 5.57. The van der Waals surface area contributed by atoms with Crippen molar-refractivity contribution in [2.45, 2.75) is 19.5 Å². The van der Waals surface area contributed by atoms with Gasteiger partial charge in [-0.2, -0.15) is 0 Å². The minimum Gasteiger partial charge on any atom is -0.362 e. The lowest BCUT2D eigenvalue weighted by Gasteiger charge is -2.19. The molecule has 1 aliphatic heterocycles. The molecule has 1 aromatic carbocycles. The predicted octanol–water partition coefficient (Wildman–Crippen LogP) is 2.86. The Morgan fingerprint density at radius 2 is 1.83 bits per heavy atom. The van der Waals surface area contributed by atoms with E-state index >= 15 is 0 Å². The Labute approximate surface area is 85.9 Å². The summed E-state index contributed by atoms with van der Waals surface area (Å²) >= 11 is 2.32. The van der Waals surface area contributed by atoms with Gasteiger partial charge in [0.2, 0.25) is 0 Å². The van der Waals surface area contributed by atoms with Gasteiger partial charge in [0, 0.05) is 3.57 Å². The molecule has 0 fully saturated rings. The number of nitrogens with one attached hydrogen (secondary N) is 2. The quantitative estimate of drug-likeness (QED) is 0.711. The lowest BCUT2D eigenvalue weighted by atomic mass is 10.3. The van der Waals surface area contributed by atoms with Crippen molar-refractivity contribution in [3.63, 3.8) is 0 Å². The van der Waals surface area contributed by atoms with Crippen LogP contribution in [-0.4, -0.2) is 5.66 Å². The van der Waals surface area contributed by atoms with Gasteiger partial charge in [-0.15, -0.1) is 0 Å². The fourth-order valence-electron chi connectivity index (χ4n) is 1.43. The molecule has 2 rings (SSSR count). The molecule has 0 saturated heterocycles. The van der Waals surface area contributed by atoms with E-state index < -0.39 is 0 Å². The number of anilines is 2. The minimum absolute atomic E-state index is 0.00718. The van der Waals surface area contributed by atoms with E-state index in [1.54, 1.807) is 0 Å². The van der Waals surface area contributed by atoms with Crippen LogP contribution < -0.4 is 10.6 Å². The van der Waals surface area contributed by atoms with Crippen molar-refractivity contribution in [2.24, 2.45) is 0 Å². The van der Waals surface area contributed by atoms with Crippen molar-refractivity contribution in [2.75, 3.05) is 10.6 Å². The Morgan fingerprint density at radius 3 is 2.58 bits per heavy atom. The van der Waals surface area contributed by atoms with Gasteiger partial charge in [-0.25, -0.2) is 0 Å². The average Bonchev–Trinajstić information content (AvgIpc) is 2.21. The molecule has 12 heavy (non-hydrogen) atoms. The van der Waals surface area contributed by atoms with Crippen molar-refractivity contribution >= 4 is 34.0 Å². The topological polar surface area (TPSA) is 24.1 Å². The van der Waals surface area contributed by atoms with Crippen LogP contribution in [0.4, 0.5) is 11.4 Å². The van der Waals surface area contributed by atoms with Crippen molar-refractivity contribution in [3.05, 3.63) is 21.8 Å². The largest absolute Gasteiger partial charge is 0.362 e. The molecule has 1 aliphatic rings. The molecule has 3 heteroatoms. The van der Waals surface area contributed by atoms with Gasteiger partial charge in [0.25, 0.3) is 0 Å². The molecule has 0 radical (unpaired) electrons. The summed E-state index contributed by atoms with van der Waals surface area (Å²) in [6.07, 6.45) is 0. The summed E-state index contributed by atoms with van der Waals surface area (Å²) in [6.45, 7) is 4.25. The normalized spacial score (nSPS) is 17.9. The van der Waals surface area contributed by atoms with E-state index in [1.165, 1.54) is 14.9 Å². The number of rotatable bonds is 0. The number of hydrogen-bond acceptors (Lipinski definition) is 2. The molecule has 2 nitrogen and oxygen atoms in total. The molecule has 2 N–H and O–H groups in total. The van der Waals surface area contributed by atoms with Crippen LogP contribution in [0, 0.1) is 3.57 Å². The monoisotopic (exact) mass is 274 g/mol. The Bertz CT molecular complexity index is 320. The van der Waals surface area contributed by atoms with Gasteiger partial charge in [0.05, 0.1) is 11.4 Å².